The third kappa shape index (κ3) is 10.5. The van der Waals surface area contributed by atoms with E-state index in [0.29, 0.717) is 25.7 Å². The average molecular weight is 356 g/mol. The first-order chi connectivity index (χ1) is 10.2. The third-order valence-corrected chi connectivity index (χ3v) is 5.28. The van der Waals surface area contributed by atoms with E-state index in [-0.39, 0.29) is 11.5 Å². The fraction of sp³-hybridized carbons (Fsp3) is 1.00. The molecule has 0 N–H and O–H groups in total. The van der Waals surface area contributed by atoms with Gasteiger partial charge in [0.25, 0.3) is 0 Å². The number of hydrogen-bond donors (Lipinski definition) is 0. The van der Waals surface area contributed by atoms with Crippen LogP contribution in [0.5, 0.6) is 0 Å². The quantitative estimate of drug-likeness (QED) is 0.370. The number of rotatable bonds is 10. The maximum atomic E-state index is 10.5. The van der Waals surface area contributed by atoms with Gasteiger partial charge in [0, 0.05) is 37.7 Å². The van der Waals surface area contributed by atoms with Gasteiger partial charge >= 0.3 is 0 Å². The molecule has 0 aromatic heterocycles. The van der Waals surface area contributed by atoms with Crippen LogP contribution in [0.3, 0.4) is 0 Å². The van der Waals surface area contributed by atoms with E-state index in [2.05, 4.69) is 9.80 Å². The van der Waals surface area contributed by atoms with Gasteiger partial charge in [0.2, 0.25) is 0 Å². The highest BCUT2D eigenvalue weighted by molar-refractivity contribution is 7.85. The minimum absolute atomic E-state index is 0.296. The Kier molecular flexibility index (Phi) is 8.22. The van der Waals surface area contributed by atoms with Crippen LogP contribution in [0.4, 0.5) is 0 Å². The van der Waals surface area contributed by atoms with Crippen LogP contribution in [0.2, 0.25) is 0 Å². The Balaban J connectivity index is 2.06. The lowest BCUT2D eigenvalue weighted by Crippen LogP contribution is -2.46. The molecule has 1 aliphatic rings. The minimum Gasteiger partial charge on any atom is -0.748 e. The van der Waals surface area contributed by atoms with Crippen molar-refractivity contribution in [1.29, 1.82) is 0 Å². The van der Waals surface area contributed by atoms with Crippen molar-refractivity contribution in [3.05, 3.63) is 0 Å². The van der Waals surface area contributed by atoms with Gasteiger partial charge < -0.3 is 18.9 Å². The molecule has 8 nitrogen and oxygen atoms in total. The number of piperazine rings is 1. The summed E-state index contributed by atoms with van der Waals surface area (Å²) in [5.74, 6) is -0.592. The van der Waals surface area contributed by atoms with Crippen LogP contribution in [-0.4, -0.2) is 86.5 Å². The summed E-state index contributed by atoms with van der Waals surface area (Å²) >= 11 is 0. The van der Waals surface area contributed by atoms with Crippen molar-refractivity contribution in [3.8, 4) is 0 Å². The third-order valence-electron chi connectivity index (χ3n) is 3.70. The molecule has 1 fully saturated rings. The van der Waals surface area contributed by atoms with Gasteiger partial charge in [-0.1, -0.05) is 0 Å². The van der Waals surface area contributed by atoms with Crippen molar-refractivity contribution in [2.24, 2.45) is 0 Å². The van der Waals surface area contributed by atoms with Crippen LogP contribution < -0.4 is 0 Å². The van der Waals surface area contributed by atoms with E-state index < -0.39 is 20.2 Å². The lowest BCUT2D eigenvalue weighted by molar-refractivity contribution is 0.130. The lowest BCUT2D eigenvalue weighted by Gasteiger charge is -2.34. The first-order valence-electron chi connectivity index (χ1n) is 7.47. The van der Waals surface area contributed by atoms with Crippen molar-refractivity contribution in [3.63, 3.8) is 0 Å². The normalized spacial score (nSPS) is 18.6. The molecular formula is C12H24N2O6S2-2. The summed E-state index contributed by atoms with van der Waals surface area (Å²) in [4.78, 5) is 4.46. The highest BCUT2D eigenvalue weighted by Crippen LogP contribution is 2.06. The molecule has 1 heterocycles. The molecule has 0 aromatic rings. The molecular weight excluding hydrogens is 332 g/mol. The number of nitrogens with zero attached hydrogens (tertiary/aromatic N) is 2. The van der Waals surface area contributed by atoms with Crippen LogP contribution in [0.15, 0.2) is 0 Å². The largest absolute Gasteiger partial charge is 0.748 e. The fourth-order valence-corrected chi connectivity index (χ4v) is 3.58. The van der Waals surface area contributed by atoms with Crippen molar-refractivity contribution in [1.82, 2.24) is 9.80 Å². The summed E-state index contributed by atoms with van der Waals surface area (Å²) in [7, 11) is -8.20. The summed E-state index contributed by atoms with van der Waals surface area (Å²) in [6.07, 6.45) is 2.19. The molecule has 10 heteroatoms. The van der Waals surface area contributed by atoms with Crippen LogP contribution in [-0.2, 0) is 20.2 Å². The lowest BCUT2D eigenvalue weighted by atomic mass is 10.2. The molecule has 0 spiro atoms. The van der Waals surface area contributed by atoms with E-state index in [0.717, 1.165) is 39.3 Å². The van der Waals surface area contributed by atoms with E-state index in [4.69, 9.17) is 0 Å². The van der Waals surface area contributed by atoms with Crippen molar-refractivity contribution in [2.75, 3.05) is 50.8 Å². The second kappa shape index (κ2) is 9.14. The Morgan fingerprint density at radius 1 is 0.636 bits per heavy atom. The van der Waals surface area contributed by atoms with Crippen LogP contribution in [0.25, 0.3) is 0 Å². The summed E-state index contributed by atoms with van der Waals surface area (Å²) in [5.41, 5.74) is 0. The van der Waals surface area contributed by atoms with Crippen LogP contribution in [0.1, 0.15) is 25.7 Å². The number of unbranched alkanes of at least 4 members (excludes halogenated alkanes) is 2. The van der Waals surface area contributed by atoms with Crippen molar-refractivity contribution < 1.29 is 25.9 Å². The van der Waals surface area contributed by atoms with Gasteiger partial charge in [-0.25, -0.2) is 16.8 Å². The zero-order valence-corrected chi connectivity index (χ0v) is 14.3. The summed E-state index contributed by atoms with van der Waals surface area (Å²) in [5, 5.41) is 0. The Morgan fingerprint density at radius 3 is 1.23 bits per heavy atom. The zero-order chi connectivity index (χ0) is 16.6. The van der Waals surface area contributed by atoms with Gasteiger partial charge in [0.05, 0.1) is 20.2 Å². The van der Waals surface area contributed by atoms with E-state index in [1.165, 1.54) is 0 Å². The van der Waals surface area contributed by atoms with Crippen molar-refractivity contribution >= 4 is 20.2 Å². The fourth-order valence-electron chi connectivity index (χ4n) is 2.47. The van der Waals surface area contributed by atoms with Crippen LogP contribution >= 0.6 is 0 Å². The molecule has 0 saturated carbocycles. The molecule has 0 aromatic carbocycles. The Morgan fingerprint density at radius 2 is 0.955 bits per heavy atom. The Bertz CT molecular complexity index is 464. The monoisotopic (exact) mass is 356 g/mol. The highest BCUT2D eigenvalue weighted by Gasteiger charge is 2.15. The standard InChI is InChI=1S/C12H26N2O6S2/c15-21(16,17)11-3-1-5-13-7-9-14(10-8-13)6-2-4-12-22(18,19)20/h1-12H2,(H,15,16,17)(H,18,19,20)/p-2. The van der Waals surface area contributed by atoms with Gasteiger partial charge in [0.1, 0.15) is 0 Å². The second-order valence-electron chi connectivity index (χ2n) is 5.62. The highest BCUT2D eigenvalue weighted by atomic mass is 32.2. The predicted molar refractivity (Wildman–Crippen MR) is 80.5 cm³/mol. The first-order valence-corrected chi connectivity index (χ1v) is 10.6. The first kappa shape index (κ1) is 19.8. The smallest absolute Gasteiger partial charge is 0.0945 e. The molecule has 1 rings (SSSR count). The molecule has 132 valence electrons. The van der Waals surface area contributed by atoms with E-state index >= 15 is 0 Å². The van der Waals surface area contributed by atoms with E-state index in [1.807, 2.05) is 0 Å². The van der Waals surface area contributed by atoms with E-state index in [1.54, 1.807) is 0 Å². The molecule has 0 radical (unpaired) electrons. The molecule has 0 aliphatic carbocycles. The van der Waals surface area contributed by atoms with Crippen LogP contribution in [0, 0.1) is 0 Å². The second-order valence-corrected chi connectivity index (χ2v) is 8.67. The maximum absolute atomic E-state index is 10.5. The SMILES string of the molecule is O=S(=O)([O-])CCCCN1CCN(CCCCS(=O)(=O)[O-])CC1. The molecule has 1 saturated heterocycles. The van der Waals surface area contributed by atoms with Gasteiger partial charge in [-0.3, -0.25) is 0 Å². The summed E-state index contributed by atoms with van der Waals surface area (Å²) < 4.78 is 62.9. The average Bonchev–Trinajstić information content (AvgIpc) is 2.39. The summed E-state index contributed by atoms with van der Waals surface area (Å²) in [6.45, 7) is 5.09. The summed E-state index contributed by atoms with van der Waals surface area (Å²) in [6, 6.07) is 0. The molecule has 1 aliphatic heterocycles. The zero-order valence-electron chi connectivity index (χ0n) is 12.6. The van der Waals surface area contributed by atoms with Gasteiger partial charge in [0.15, 0.2) is 0 Å². The Labute approximate surface area is 133 Å². The predicted octanol–water partition coefficient (Wildman–Crippen LogP) is -0.745. The number of hydrogen-bond acceptors (Lipinski definition) is 8. The topological polar surface area (TPSA) is 121 Å². The Hall–Kier alpha value is -0.260. The van der Waals surface area contributed by atoms with E-state index in [9.17, 15) is 25.9 Å². The van der Waals surface area contributed by atoms with Gasteiger partial charge in [-0.2, -0.15) is 0 Å². The molecule has 0 unspecified atom stereocenters. The van der Waals surface area contributed by atoms with Gasteiger partial charge in [-0.05, 0) is 38.8 Å². The van der Waals surface area contributed by atoms with Crippen molar-refractivity contribution in [2.45, 2.75) is 25.7 Å². The molecule has 22 heavy (non-hydrogen) atoms. The molecule has 0 amide bonds. The minimum atomic E-state index is -4.10. The maximum Gasteiger partial charge on any atom is 0.0945 e. The molecule has 0 atom stereocenters. The van der Waals surface area contributed by atoms with Gasteiger partial charge in [-0.15, -0.1) is 0 Å². The molecule has 0 bridgehead atoms.